The van der Waals surface area contributed by atoms with Crippen molar-refractivity contribution in [3.05, 3.63) is 0 Å². The number of likely N-dealkylation sites (tertiary alicyclic amines) is 2. The van der Waals surface area contributed by atoms with Crippen LogP contribution in [0.2, 0.25) is 0 Å². The van der Waals surface area contributed by atoms with Crippen molar-refractivity contribution in [1.82, 2.24) is 9.80 Å². The van der Waals surface area contributed by atoms with Crippen molar-refractivity contribution in [3.8, 4) is 0 Å². The number of rotatable bonds is 1. The monoisotopic (exact) mass is 481 g/mol. The van der Waals surface area contributed by atoms with Crippen LogP contribution in [-0.4, -0.2) is 84.6 Å². The molecule has 192 valence electrons. The molecule has 11 atom stereocenters. The van der Waals surface area contributed by atoms with E-state index in [1.165, 1.54) is 58.0 Å². The zero-order chi connectivity index (χ0) is 23.8. The molecule has 34 heavy (non-hydrogen) atoms. The zero-order valence-corrected chi connectivity index (χ0v) is 21.0. The number of aliphatic imine (C=N–C) groups is 1. The van der Waals surface area contributed by atoms with Crippen LogP contribution in [0, 0.1) is 23.2 Å². The van der Waals surface area contributed by atoms with Gasteiger partial charge in [0.25, 0.3) is 0 Å². The average Bonchev–Trinajstić information content (AvgIpc) is 3.00. The molecule has 3 heterocycles. The van der Waals surface area contributed by atoms with E-state index >= 15 is 4.39 Å². The molecule has 3 saturated carbocycles. The van der Waals surface area contributed by atoms with Gasteiger partial charge < -0.3 is 9.64 Å². The highest BCUT2D eigenvalue weighted by Gasteiger charge is 2.70. The Morgan fingerprint density at radius 1 is 0.912 bits per heavy atom. The van der Waals surface area contributed by atoms with E-state index in [-0.39, 0.29) is 24.5 Å². The Hall–Kier alpha value is -0.660. The molecule has 6 aliphatic rings. The highest BCUT2D eigenvalue weighted by Crippen LogP contribution is 2.59. The van der Waals surface area contributed by atoms with E-state index in [0.717, 1.165) is 6.42 Å². The largest absolute Gasteiger partial charge is 0.349 e. The summed E-state index contributed by atoms with van der Waals surface area (Å²) in [5, 5.41) is 0. The molecule has 0 aromatic heterocycles. The highest BCUT2D eigenvalue weighted by molar-refractivity contribution is 5.72. The summed E-state index contributed by atoms with van der Waals surface area (Å²) in [5.74, 6) is 0.889. The molecule has 0 radical (unpaired) electrons. The summed E-state index contributed by atoms with van der Waals surface area (Å²) in [4.78, 5) is 9.80. The number of hydrogen-bond acceptors (Lipinski definition) is 4. The second kappa shape index (κ2) is 8.44. The third-order valence-electron chi connectivity index (χ3n) is 11.0. The van der Waals surface area contributed by atoms with Crippen LogP contribution in [0.1, 0.15) is 71.6 Å². The number of fused-ring (bicyclic) bond motifs is 4. The fourth-order valence-electron chi connectivity index (χ4n) is 9.12. The molecule has 7 heteroatoms. The van der Waals surface area contributed by atoms with Crippen LogP contribution in [-0.2, 0) is 4.74 Å². The molecule has 1 spiro atoms. The minimum Gasteiger partial charge on any atom is -0.349 e. The average molecular weight is 482 g/mol. The minimum atomic E-state index is -2.07. The Bertz CT molecular complexity index is 804. The van der Waals surface area contributed by atoms with Gasteiger partial charge in [0.15, 0.2) is 11.9 Å². The minimum absolute atomic E-state index is 0.0291. The van der Waals surface area contributed by atoms with Crippen molar-refractivity contribution in [2.45, 2.75) is 120 Å². The first kappa shape index (κ1) is 23.7. The van der Waals surface area contributed by atoms with Gasteiger partial charge in [-0.1, -0.05) is 33.1 Å². The van der Waals surface area contributed by atoms with Gasteiger partial charge in [0, 0.05) is 17.7 Å². The summed E-state index contributed by atoms with van der Waals surface area (Å²) in [6.45, 7) is 6.45. The highest BCUT2D eigenvalue weighted by atomic mass is 19.2. The molecule has 0 aromatic rings. The second-order valence-corrected chi connectivity index (χ2v) is 12.7. The van der Waals surface area contributed by atoms with Crippen molar-refractivity contribution < 1.29 is 17.9 Å². The van der Waals surface area contributed by atoms with Crippen LogP contribution in [0.3, 0.4) is 0 Å². The van der Waals surface area contributed by atoms with Crippen LogP contribution in [0.5, 0.6) is 0 Å². The molecule has 3 aliphatic heterocycles. The lowest BCUT2D eigenvalue weighted by Gasteiger charge is -2.57. The molecular formula is C27H42F3N3O. The first-order valence-corrected chi connectivity index (χ1v) is 13.9. The molecule has 4 nitrogen and oxygen atoms in total. The van der Waals surface area contributed by atoms with Crippen molar-refractivity contribution in [1.29, 1.82) is 0 Å². The van der Waals surface area contributed by atoms with E-state index in [0.29, 0.717) is 17.9 Å². The van der Waals surface area contributed by atoms with Gasteiger partial charge in [0.05, 0.1) is 18.2 Å². The van der Waals surface area contributed by atoms with Gasteiger partial charge in [-0.2, -0.15) is 0 Å². The maximum atomic E-state index is 15.2. The summed E-state index contributed by atoms with van der Waals surface area (Å²) in [6.07, 6.45) is 6.15. The van der Waals surface area contributed by atoms with Crippen molar-refractivity contribution in [2.24, 2.45) is 28.2 Å². The quantitative estimate of drug-likeness (QED) is 0.530. The van der Waals surface area contributed by atoms with Gasteiger partial charge in [0.1, 0.15) is 12.3 Å². The number of nitrogens with zero attached hydrogens (tertiary/aromatic N) is 3. The summed E-state index contributed by atoms with van der Waals surface area (Å²) in [6, 6.07) is -0.0228. The van der Waals surface area contributed by atoms with E-state index in [1.807, 2.05) is 32.0 Å². The number of ether oxygens (including phenoxy) is 1. The van der Waals surface area contributed by atoms with Gasteiger partial charge in [-0.05, 0) is 76.4 Å². The molecule has 0 amide bonds. The molecule has 11 unspecified atom stereocenters. The van der Waals surface area contributed by atoms with E-state index in [9.17, 15) is 8.78 Å². The third-order valence-corrected chi connectivity index (χ3v) is 11.0. The van der Waals surface area contributed by atoms with Gasteiger partial charge in [-0.3, -0.25) is 9.89 Å². The molecule has 6 rings (SSSR count). The number of halogens is 3. The Morgan fingerprint density at radius 3 is 2.35 bits per heavy atom. The SMILES string of the molecule is CN1C2C(F)C(F)C(F)CC2C(C)(C)C12C=NC1C(CC(N3CCCCC3)C3CCCCC31)O2. The van der Waals surface area contributed by atoms with Crippen LogP contribution < -0.4 is 0 Å². The zero-order valence-electron chi connectivity index (χ0n) is 21.0. The van der Waals surface area contributed by atoms with Crippen molar-refractivity contribution >= 4 is 6.21 Å². The van der Waals surface area contributed by atoms with Crippen LogP contribution in [0.4, 0.5) is 13.2 Å². The van der Waals surface area contributed by atoms with Crippen molar-refractivity contribution in [2.75, 3.05) is 20.1 Å². The van der Waals surface area contributed by atoms with Crippen LogP contribution >= 0.6 is 0 Å². The van der Waals surface area contributed by atoms with E-state index < -0.39 is 35.7 Å². The Labute approximate surface area is 202 Å². The predicted octanol–water partition coefficient (Wildman–Crippen LogP) is 4.96. The summed E-state index contributed by atoms with van der Waals surface area (Å²) in [5.41, 5.74) is -1.49. The molecule has 3 aliphatic carbocycles. The van der Waals surface area contributed by atoms with Crippen LogP contribution in [0.25, 0.3) is 0 Å². The Balaban J connectivity index is 1.34. The first-order valence-electron chi connectivity index (χ1n) is 13.9. The number of piperidine rings is 1. The van der Waals surface area contributed by atoms with Gasteiger partial charge in [-0.15, -0.1) is 0 Å². The molecule has 5 fully saturated rings. The topological polar surface area (TPSA) is 28.1 Å². The fourth-order valence-corrected chi connectivity index (χ4v) is 9.12. The molecule has 2 saturated heterocycles. The normalized spacial score (nSPS) is 53.4. The van der Waals surface area contributed by atoms with E-state index in [1.54, 1.807) is 0 Å². The lowest BCUT2D eigenvalue weighted by Crippen LogP contribution is -2.65. The second-order valence-electron chi connectivity index (χ2n) is 12.7. The van der Waals surface area contributed by atoms with E-state index in [2.05, 4.69) is 4.90 Å². The molecule has 0 aromatic carbocycles. The summed E-state index contributed by atoms with van der Waals surface area (Å²) in [7, 11) is 1.84. The maximum Gasteiger partial charge on any atom is 0.164 e. The number of alkyl halides is 3. The first-order chi connectivity index (χ1) is 16.3. The summed E-state index contributed by atoms with van der Waals surface area (Å²) < 4.78 is 51.2. The standard InChI is InChI=1S/C27H42F3N3O/c1-26(2)18-13-19(28)22(29)23(30)25(18)32(3)27(26)15-31-24-17-10-6-5-9-16(17)20(14-21(24)34-27)33-11-7-4-8-12-33/h15-25H,4-14H2,1-3H3. The van der Waals surface area contributed by atoms with Crippen LogP contribution in [0.15, 0.2) is 4.99 Å². The lowest BCUT2D eigenvalue weighted by molar-refractivity contribution is -0.203. The lowest BCUT2D eigenvalue weighted by atomic mass is 9.63. The fraction of sp³-hybridized carbons (Fsp3) is 0.963. The smallest absolute Gasteiger partial charge is 0.164 e. The summed E-state index contributed by atoms with van der Waals surface area (Å²) >= 11 is 0. The molecular weight excluding hydrogens is 439 g/mol. The van der Waals surface area contributed by atoms with E-state index in [4.69, 9.17) is 9.73 Å². The van der Waals surface area contributed by atoms with Gasteiger partial charge in [0.2, 0.25) is 0 Å². The van der Waals surface area contributed by atoms with Gasteiger partial charge >= 0.3 is 0 Å². The number of hydrogen-bond donors (Lipinski definition) is 0. The van der Waals surface area contributed by atoms with Crippen molar-refractivity contribution in [3.63, 3.8) is 0 Å². The maximum absolute atomic E-state index is 15.2. The Morgan fingerprint density at radius 2 is 1.62 bits per heavy atom. The molecule has 0 N–H and O–H groups in total. The Kier molecular flexibility index (Phi) is 5.89. The van der Waals surface area contributed by atoms with Gasteiger partial charge in [-0.25, -0.2) is 13.2 Å². The molecule has 0 bridgehead atoms. The predicted molar refractivity (Wildman–Crippen MR) is 127 cm³/mol. The third kappa shape index (κ3) is 3.24.